The third kappa shape index (κ3) is 4.68. The van der Waals surface area contributed by atoms with Crippen molar-refractivity contribution in [2.24, 2.45) is 0 Å². The Morgan fingerprint density at radius 1 is 1.25 bits per heavy atom. The lowest BCUT2D eigenvalue weighted by Crippen LogP contribution is -2.32. The fourth-order valence-electron chi connectivity index (χ4n) is 2.29. The maximum Gasteiger partial charge on any atom is 0.256 e. The maximum atomic E-state index is 12.0. The number of nitrogens with zero attached hydrogens (tertiary/aromatic N) is 2. The molecule has 1 amide bonds. The van der Waals surface area contributed by atoms with Crippen LogP contribution in [0.5, 0.6) is 5.75 Å². The van der Waals surface area contributed by atoms with Crippen molar-refractivity contribution >= 4 is 5.91 Å². The second-order valence-electron chi connectivity index (χ2n) is 5.65. The largest absolute Gasteiger partial charge is 0.497 e. The van der Waals surface area contributed by atoms with E-state index >= 15 is 0 Å². The van der Waals surface area contributed by atoms with Crippen LogP contribution in [0.1, 0.15) is 23.2 Å². The summed E-state index contributed by atoms with van der Waals surface area (Å²) in [7, 11) is 1.62. The monoisotopic (exact) mass is 329 g/mol. The average molecular weight is 329 g/mol. The predicted octanol–water partition coefficient (Wildman–Crippen LogP) is 1.62. The summed E-state index contributed by atoms with van der Waals surface area (Å²) in [5, 5.41) is 2.83. The van der Waals surface area contributed by atoms with Crippen molar-refractivity contribution in [2.75, 3.05) is 13.7 Å². The van der Waals surface area contributed by atoms with Crippen LogP contribution >= 0.6 is 0 Å². The van der Waals surface area contributed by atoms with Gasteiger partial charge >= 0.3 is 0 Å². The average Bonchev–Trinajstić information content (AvgIpc) is 2.60. The third-order valence-corrected chi connectivity index (χ3v) is 3.99. The molecular formula is C18H23N3O3. The Bertz CT molecular complexity index is 751. The molecule has 0 bridgehead atoms. The van der Waals surface area contributed by atoms with Gasteiger partial charge in [-0.3, -0.25) is 14.2 Å². The smallest absolute Gasteiger partial charge is 0.256 e. The lowest BCUT2D eigenvalue weighted by Gasteiger charge is -2.09. The van der Waals surface area contributed by atoms with E-state index in [0.29, 0.717) is 31.5 Å². The second-order valence-corrected chi connectivity index (χ2v) is 5.65. The number of rotatable bonds is 7. The normalized spacial score (nSPS) is 10.5. The van der Waals surface area contributed by atoms with E-state index in [0.717, 1.165) is 17.0 Å². The number of aryl methyl sites for hydroxylation is 2. The SMILES string of the molecule is COc1ccc(CCC(=O)NCCn2cnc(C)c(C)c2=O)cc1. The van der Waals surface area contributed by atoms with E-state index in [-0.39, 0.29) is 11.5 Å². The summed E-state index contributed by atoms with van der Waals surface area (Å²) in [6.45, 7) is 4.39. The van der Waals surface area contributed by atoms with Crippen molar-refractivity contribution in [1.82, 2.24) is 14.9 Å². The van der Waals surface area contributed by atoms with Gasteiger partial charge in [0.2, 0.25) is 5.91 Å². The van der Waals surface area contributed by atoms with Crippen molar-refractivity contribution < 1.29 is 9.53 Å². The van der Waals surface area contributed by atoms with Crippen LogP contribution in [0.25, 0.3) is 0 Å². The molecule has 128 valence electrons. The number of hydrogen-bond acceptors (Lipinski definition) is 4. The number of amides is 1. The minimum atomic E-state index is -0.0602. The molecule has 0 fully saturated rings. The number of carbonyl (C=O) groups excluding carboxylic acids is 1. The zero-order chi connectivity index (χ0) is 17.5. The minimum absolute atomic E-state index is 0.0318. The Hall–Kier alpha value is -2.63. The molecule has 1 N–H and O–H groups in total. The summed E-state index contributed by atoms with van der Waals surface area (Å²) >= 11 is 0. The van der Waals surface area contributed by atoms with E-state index in [1.165, 1.54) is 10.9 Å². The highest BCUT2D eigenvalue weighted by Gasteiger charge is 2.05. The molecule has 0 saturated heterocycles. The summed E-state index contributed by atoms with van der Waals surface area (Å²) in [5.74, 6) is 0.770. The number of carbonyl (C=O) groups is 1. The fourth-order valence-corrected chi connectivity index (χ4v) is 2.29. The summed E-state index contributed by atoms with van der Waals surface area (Å²) in [6.07, 6.45) is 2.60. The Labute approximate surface area is 141 Å². The lowest BCUT2D eigenvalue weighted by molar-refractivity contribution is -0.121. The van der Waals surface area contributed by atoms with Gasteiger partial charge in [0.15, 0.2) is 0 Å². The van der Waals surface area contributed by atoms with Gasteiger partial charge in [-0.2, -0.15) is 0 Å². The molecule has 1 heterocycles. The van der Waals surface area contributed by atoms with E-state index in [4.69, 9.17) is 4.74 Å². The summed E-state index contributed by atoms with van der Waals surface area (Å²) in [5.41, 5.74) is 2.40. The molecule has 0 aliphatic rings. The number of hydrogen-bond donors (Lipinski definition) is 1. The molecule has 0 radical (unpaired) electrons. The van der Waals surface area contributed by atoms with E-state index in [9.17, 15) is 9.59 Å². The zero-order valence-electron chi connectivity index (χ0n) is 14.3. The van der Waals surface area contributed by atoms with E-state index < -0.39 is 0 Å². The van der Waals surface area contributed by atoms with Crippen LogP contribution in [0.4, 0.5) is 0 Å². The summed E-state index contributed by atoms with van der Waals surface area (Å²) in [6, 6.07) is 7.66. The van der Waals surface area contributed by atoms with Gasteiger partial charge in [0.1, 0.15) is 5.75 Å². The minimum Gasteiger partial charge on any atom is -0.497 e. The quantitative estimate of drug-likeness (QED) is 0.838. The highest BCUT2D eigenvalue weighted by Crippen LogP contribution is 2.12. The van der Waals surface area contributed by atoms with E-state index in [2.05, 4.69) is 10.3 Å². The van der Waals surface area contributed by atoms with Crippen molar-refractivity contribution in [3.8, 4) is 5.75 Å². The van der Waals surface area contributed by atoms with Gasteiger partial charge < -0.3 is 10.1 Å². The zero-order valence-corrected chi connectivity index (χ0v) is 14.3. The number of methoxy groups -OCH3 is 1. The molecule has 1 aromatic carbocycles. The molecule has 0 aliphatic carbocycles. The van der Waals surface area contributed by atoms with E-state index in [1.807, 2.05) is 31.2 Å². The molecule has 6 nitrogen and oxygen atoms in total. The van der Waals surface area contributed by atoms with E-state index in [1.54, 1.807) is 14.0 Å². The molecule has 0 aliphatic heterocycles. The maximum absolute atomic E-state index is 12.0. The first kappa shape index (κ1) is 17.7. The van der Waals surface area contributed by atoms with Gasteiger partial charge in [0.05, 0.1) is 13.4 Å². The van der Waals surface area contributed by atoms with Crippen molar-refractivity contribution in [3.63, 3.8) is 0 Å². The van der Waals surface area contributed by atoms with Crippen LogP contribution in [-0.2, 0) is 17.8 Å². The topological polar surface area (TPSA) is 73.2 Å². The first-order valence-corrected chi connectivity index (χ1v) is 7.93. The van der Waals surface area contributed by atoms with Crippen LogP contribution in [0, 0.1) is 13.8 Å². The first-order valence-electron chi connectivity index (χ1n) is 7.93. The van der Waals surface area contributed by atoms with Crippen LogP contribution in [0.3, 0.4) is 0 Å². The standard InChI is InChI=1S/C18H23N3O3/c1-13-14(2)20-12-21(18(13)23)11-10-19-17(22)9-6-15-4-7-16(24-3)8-5-15/h4-5,7-8,12H,6,9-11H2,1-3H3,(H,19,22). The van der Waals surface area contributed by atoms with Crippen molar-refractivity contribution in [1.29, 1.82) is 0 Å². The molecule has 0 saturated carbocycles. The Kier molecular flexibility index (Phi) is 6.12. The molecular weight excluding hydrogens is 306 g/mol. The Balaban J connectivity index is 1.77. The van der Waals surface area contributed by atoms with Gasteiger partial charge in [-0.05, 0) is 38.0 Å². The number of benzene rings is 1. The second kappa shape index (κ2) is 8.29. The Morgan fingerprint density at radius 2 is 1.96 bits per heavy atom. The number of nitrogens with one attached hydrogen (secondary N) is 1. The number of aromatic nitrogens is 2. The lowest BCUT2D eigenvalue weighted by atomic mass is 10.1. The van der Waals surface area contributed by atoms with Crippen LogP contribution in [0.15, 0.2) is 35.4 Å². The molecule has 24 heavy (non-hydrogen) atoms. The summed E-state index contributed by atoms with van der Waals surface area (Å²) in [4.78, 5) is 28.1. The van der Waals surface area contributed by atoms with Gasteiger partial charge in [-0.1, -0.05) is 12.1 Å². The first-order chi connectivity index (χ1) is 11.5. The number of ether oxygens (including phenoxy) is 1. The van der Waals surface area contributed by atoms with Crippen molar-refractivity contribution in [3.05, 3.63) is 57.8 Å². The molecule has 2 rings (SSSR count). The van der Waals surface area contributed by atoms with Crippen molar-refractivity contribution in [2.45, 2.75) is 33.2 Å². The Morgan fingerprint density at radius 3 is 2.62 bits per heavy atom. The molecule has 2 aromatic rings. The van der Waals surface area contributed by atoms with Gasteiger partial charge in [-0.25, -0.2) is 4.98 Å². The molecule has 1 aromatic heterocycles. The molecule has 0 unspecified atom stereocenters. The van der Waals surface area contributed by atoms with Gasteiger partial charge in [0.25, 0.3) is 5.56 Å². The molecule has 0 spiro atoms. The predicted molar refractivity (Wildman–Crippen MR) is 92.3 cm³/mol. The fraction of sp³-hybridized carbons (Fsp3) is 0.389. The van der Waals surface area contributed by atoms with Gasteiger partial charge in [0, 0.05) is 30.8 Å². The summed E-state index contributed by atoms with van der Waals surface area (Å²) < 4.78 is 6.62. The van der Waals surface area contributed by atoms with Crippen LogP contribution in [-0.4, -0.2) is 29.1 Å². The van der Waals surface area contributed by atoms with Gasteiger partial charge in [-0.15, -0.1) is 0 Å². The van der Waals surface area contributed by atoms with Crippen LogP contribution < -0.4 is 15.6 Å². The van der Waals surface area contributed by atoms with Crippen LogP contribution in [0.2, 0.25) is 0 Å². The third-order valence-electron chi connectivity index (χ3n) is 3.99. The molecule has 0 atom stereocenters. The highest BCUT2D eigenvalue weighted by atomic mass is 16.5. The molecule has 6 heteroatoms. The highest BCUT2D eigenvalue weighted by molar-refractivity contribution is 5.76.